The Hall–Kier alpha value is -1.40. The zero-order chi connectivity index (χ0) is 14.6. The SMILES string of the molecule is CCOC(=O)CCCNCC(=O)NCCc1cccs1. The third-order valence-corrected chi connectivity index (χ3v) is 3.54. The van der Waals surface area contributed by atoms with E-state index < -0.39 is 0 Å². The van der Waals surface area contributed by atoms with Gasteiger partial charge in [0.1, 0.15) is 0 Å². The second-order valence-corrected chi connectivity index (χ2v) is 5.30. The number of hydrogen-bond donors (Lipinski definition) is 2. The maximum absolute atomic E-state index is 11.5. The Morgan fingerprint density at radius 2 is 2.20 bits per heavy atom. The van der Waals surface area contributed by atoms with Gasteiger partial charge in [0.25, 0.3) is 0 Å². The van der Waals surface area contributed by atoms with E-state index in [1.165, 1.54) is 4.88 Å². The maximum Gasteiger partial charge on any atom is 0.305 e. The monoisotopic (exact) mass is 298 g/mol. The molecule has 0 unspecified atom stereocenters. The van der Waals surface area contributed by atoms with E-state index in [0.717, 1.165) is 6.42 Å². The van der Waals surface area contributed by atoms with Gasteiger partial charge in [-0.05, 0) is 37.8 Å². The Balaban J connectivity index is 1.93. The van der Waals surface area contributed by atoms with Crippen molar-refractivity contribution in [3.8, 4) is 0 Å². The molecule has 0 bridgehead atoms. The molecule has 2 N–H and O–H groups in total. The number of esters is 1. The van der Waals surface area contributed by atoms with Crippen LogP contribution in [-0.4, -0.2) is 38.1 Å². The van der Waals surface area contributed by atoms with Crippen molar-refractivity contribution < 1.29 is 14.3 Å². The Labute approximate surface area is 123 Å². The molecular weight excluding hydrogens is 276 g/mol. The Morgan fingerprint density at radius 3 is 2.90 bits per heavy atom. The van der Waals surface area contributed by atoms with E-state index in [2.05, 4.69) is 16.7 Å². The van der Waals surface area contributed by atoms with Gasteiger partial charge in [-0.1, -0.05) is 6.07 Å². The molecule has 0 fully saturated rings. The first-order valence-corrected chi connectivity index (χ1v) is 7.75. The molecule has 5 nitrogen and oxygen atoms in total. The average Bonchev–Trinajstić information content (AvgIpc) is 2.92. The molecule has 1 aromatic rings. The number of ether oxygens (including phenoxy) is 1. The second-order valence-electron chi connectivity index (χ2n) is 4.26. The van der Waals surface area contributed by atoms with Crippen molar-refractivity contribution in [2.75, 3.05) is 26.2 Å². The molecule has 0 spiro atoms. The lowest BCUT2D eigenvalue weighted by atomic mass is 10.3. The summed E-state index contributed by atoms with van der Waals surface area (Å²) in [6.07, 6.45) is 1.94. The van der Waals surface area contributed by atoms with E-state index in [-0.39, 0.29) is 18.4 Å². The second kappa shape index (κ2) is 10.4. The lowest BCUT2D eigenvalue weighted by molar-refractivity contribution is -0.143. The number of carbonyl (C=O) groups excluding carboxylic acids is 2. The maximum atomic E-state index is 11.5. The van der Waals surface area contributed by atoms with Gasteiger partial charge < -0.3 is 15.4 Å². The Kier molecular flexibility index (Phi) is 8.66. The fraction of sp³-hybridized carbons (Fsp3) is 0.571. The van der Waals surface area contributed by atoms with Gasteiger partial charge in [0.2, 0.25) is 5.91 Å². The van der Waals surface area contributed by atoms with E-state index in [0.29, 0.717) is 32.5 Å². The van der Waals surface area contributed by atoms with Gasteiger partial charge in [0, 0.05) is 17.8 Å². The third kappa shape index (κ3) is 7.91. The fourth-order valence-corrected chi connectivity index (χ4v) is 2.34. The van der Waals surface area contributed by atoms with E-state index in [1.54, 1.807) is 18.3 Å². The molecule has 0 saturated heterocycles. The molecule has 0 atom stereocenters. The standard InChI is InChI=1S/C14H22N2O3S/c1-2-19-14(18)6-3-8-15-11-13(17)16-9-7-12-5-4-10-20-12/h4-5,10,15H,2-3,6-9,11H2,1H3,(H,16,17). The number of carbonyl (C=O) groups is 2. The van der Waals surface area contributed by atoms with Crippen LogP contribution >= 0.6 is 11.3 Å². The summed E-state index contributed by atoms with van der Waals surface area (Å²) >= 11 is 1.69. The number of thiophene rings is 1. The highest BCUT2D eigenvalue weighted by Crippen LogP contribution is 2.07. The van der Waals surface area contributed by atoms with E-state index >= 15 is 0 Å². The van der Waals surface area contributed by atoms with Gasteiger partial charge >= 0.3 is 5.97 Å². The van der Waals surface area contributed by atoms with Gasteiger partial charge in [0.05, 0.1) is 13.2 Å². The predicted molar refractivity (Wildman–Crippen MR) is 79.8 cm³/mol. The van der Waals surface area contributed by atoms with Crippen LogP contribution in [-0.2, 0) is 20.7 Å². The highest BCUT2D eigenvalue weighted by atomic mass is 32.1. The van der Waals surface area contributed by atoms with Gasteiger partial charge in [-0.2, -0.15) is 0 Å². The van der Waals surface area contributed by atoms with Crippen LogP contribution in [0, 0.1) is 0 Å². The first-order chi connectivity index (χ1) is 9.72. The van der Waals surface area contributed by atoms with Crippen LogP contribution in [0.2, 0.25) is 0 Å². The number of rotatable bonds is 10. The lowest BCUT2D eigenvalue weighted by Gasteiger charge is -2.06. The summed E-state index contributed by atoms with van der Waals surface area (Å²) in [6, 6.07) is 4.07. The van der Waals surface area contributed by atoms with Crippen molar-refractivity contribution in [2.24, 2.45) is 0 Å². The highest BCUT2D eigenvalue weighted by Gasteiger charge is 2.03. The summed E-state index contributed by atoms with van der Waals surface area (Å²) < 4.78 is 4.81. The molecular formula is C14H22N2O3S. The van der Waals surface area contributed by atoms with Crippen LogP contribution in [0.5, 0.6) is 0 Å². The first kappa shape index (κ1) is 16.7. The minimum Gasteiger partial charge on any atom is -0.466 e. The lowest BCUT2D eigenvalue weighted by Crippen LogP contribution is -2.35. The number of hydrogen-bond acceptors (Lipinski definition) is 5. The van der Waals surface area contributed by atoms with Crippen LogP contribution in [0.1, 0.15) is 24.6 Å². The summed E-state index contributed by atoms with van der Waals surface area (Å²) in [4.78, 5) is 23.8. The smallest absolute Gasteiger partial charge is 0.305 e. The predicted octanol–water partition coefficient (Wildman–Crippen LogP) is 1.34. The molecule has 1 aromatic heterocycles. The minimum absolute atomic E-state index is 0.0160. The van der Waals surface area contributed by atoms with E-state index in [9.17, 15) is 9.59 Å². The first-order valence-electron chi connectivity index (χ1n) is 6.87. The van der Waals surface area contributed by atoms with Crippen LogP contribution < -0.4 is 10.6 Å². The topological polar surface area (TPSA) is 67.4 Å². The van der Waals surface area contributed by atoms with E-state index in [1.807, 2.05) is 11.4 Å². The van der Waals surface area contributed by atoms with Crippen molar-refractivity contribution in [3.05, 3.63) is 22.4 Å². The molecule has 0 aromatic carbocycles. The number of nitrogens with one attached hydrogen (secondary N) is 2. The van der Waals surface area contributed by atoms with Gasteiger partial charge in [-0.3, -0.25) is 9.59 Å². The zero-order valence-corrected chi connectivity index (χ0v) is 12.6. The fourth-order valence-electron chi connectivity index (χ4n) is 1.64. The van der Waals surface area contributed by atoms with Crippen LogP contribution in [0.15, 0.2) is 17.5 Å². The van der Waals surface area contributed by atoms with Crippen LogP contribution in [0.3, 0.4) is 0 Å². The van der Waals surface area contributed by atoms with Crippen molar-refractivity contribution >= 4 is 23.2 Å². The molecule has 0 aliphatic heterocycles. The molecule has 1 amide bonds. The third-order valence-electron chi connectivity index (χ3n) is 2.60. The largest absolute Gasteiger partial charge is 0.466 e. The van der Waals surface area contributed by atoms with Crippen molar-refractivity contribution in [1.82, 2.24) is 10.6 Å². The average molecular weight is 298 g/mol. The van der Waals surface area contributed by atoms with Gasteiger partial charge in [-0.15, -0.1) is 11.3 Å². The molecule has 6 heteroatoms. The minimum atomic E-state index is -0.185. The summed E-state index contributed by atoms with van der Waals surface area (Å²) in [5.74, 6) is -0.201. The van der Waals surface area contributed by atoms with Crippen molar-refractivity contribution in [3.63, 3.8) is 0 Å². The van der Waals surface area contributed by atoms with E-state index in [4.69, 9.17) is 4.74 Å². The number of amides is 1. The Morgan fingerprint density at radius 1 is 1.35 bits per heavy atom. The molecule has 0 radical (unpaired) electrons. The normalized spacial score (nSPS) is 10.2. The molecule has 1 rings (SSSR count). The molecule has 112 valence electrons. The molecule has 1 heterocycles. The highest BCUT2D eigenvalue weighted by molar-refractivity contribution is 7.09. The zero-order valence-electron chi connectivity index (χ0n) is 11.8. The summed E-state index contributed by atoms with van der Waals surface area (Å²) in [5.41, 5.74) is 0. The van der Waals surface area contributed by atoms with Crippen LogP contribution in [0.4, 0.5) is 0 Å². The van der Waals surface area contributed by atoms with Crippen molar-refractivity contribution in [2.45, 2.75) is 26.2 Å². The molecule has 0 aliphatic carbocycles. The molecule has 0 saturated carbocycles. The van der Waals surface area contributed by atoms with Gasteiger partial charge in [0.15, 0.2) is 0 Å². The van der Waals surface area contributed by atoms with Crippen LogP contribution in [0.25, 0.3) is 0 Å². The Bertz CT molecular complexity index is 393. The summed E-state index contributed by atoms with van der Waals surface area (Å²) in [7, 11) is 0. The summed E-state index contributed by atoms with van der Waals surface area (Å²) in [6.45, 7) is 3.78. The molecule has 20 heavy (non-hydrogen) atoms. The molecule has 0 aliphatic rings. The van der Waals surface area contributed by atoms with Crippen molar-refractivity contribution in [1.29, 1.82) is 0 Å². The van der Waals surface area contributed by atoms with Gasteiger partial charge in [-0.25, -0.2) is 0 Å². The summed E-state index contributed by atoms with van der Waals surface area (Å²) in [5, 5.41) is 7.89. The quantitative estimate of drug-likeness (QED) is 0.505.